The number of nitrogens with zero attached hydrogens (tertiary/aromatic N) is 1. The maximum absolute atomic E-state index is 12.2. The van der Waals surface area contributed by atoms with E-state index in [0.29, 0.717) is 17.8 Å². The van der Waals surface area contributed by atoms with Crippen molar-refractivity contribution in [2.45, 2.75) is 20.4 Å². The summed E-state index contributed by atoms with van der Waals surface area (Å²) in [6, 6.07) is 16.8. The number of hydrogen-bond acceptors (Lipinski definition) is 3. The average molecular weight is 385 g/mol. The molecule has 0 fully saturated rings. The summed E-state index contributed by atoms with van der Waals surface area (Å²) in [5.41, 5.74) is 5.45. The molecular weight excluding hydrogens is 362 g/mol. The molecule has 3 aromatic rings. The number of aryl methyl sites for hydroxylation is 2. The number of rotatable bonds is 6. The molecule has 1 heterocycles. The molecule has 5 nitrogen and oxygen atoms in total. The first-order chi connectivity index (χ1) is 14.0. The lowest BCUT2D eigenvalue weighted by atomic mass is 10.1. The first-order valence-corrected chi connectivity index (χ1v) is 9.35. The number of nitrogens with one attached hydrogen (secondary N) is 2. The number of hydrogen-bond donors (Lipinski definition) is 2. The molecule has 0 saturated carbocycles. The first kappa shape index (κ1) is 20.0. The van der Waals surface area contributed by atoms with E-state index in [1.165, 1.54) is 11.6 Å². The van der Waals surface area contributed by atoms with Gasteiger partial charge in [-0.1, -0.05) is 35.9 Å². The quantitative estimate of drug-likeness (QED) is 0.622. The Morgan fingerprint density at radius 2 is 1.79 bits per heavy atom. The van der Waals surface area contributed by atoms with Crippen LogP contribution in [-0.4, -0.2) is 16.8 Å². The highest BCUT2D eigenvalue weighted by Gasteiger charge is 2.06. The molecule has 2 amide bonds. The van der Waals surface area contributed by atoms with Crippen LogP contribution >= 0.6 is 0 Å². The van der Waals surface area contributed by atoms with Crippen LogP contribution in [0.3, 0.4) is 0 Å². The summed E-state index contributed by atoms with van der Waals surface area (Å²) in [4.78, 5) is 28.3. The highest BCUT2D eigenvalue weighted by atomic mass is 16.2. The minimum absolute atomic E-state index is 0.170. The molecule has 0 atom stereocenters. The molecule has 0 radical (unpaired) electrons. The van der Waals surface area contributed by atoms with E-state index in [4.69, 9.17) is 0 Å². The molecule has 29 heavy (non-hydrogen) atoms. The SMILES string of the molecule is Cc1ccc(/C=C/C(=O)NCc2cccc(NC(=O)c3ccncc3)c2)c(C)c1. The third-order valence-electron chi connectivity index (χ3n) is 4.43. The molecule has 2 N–H and O–H groups in total. The second kappa shape index (κ2) is 9.46. The van der Waals surface area contributed by atoms with Gasteiger partial charge < -0.3 is 10.6 Å². The van der Waals surface area contributed by atoms with Gasteiger partial charge in [0.05, 0.1) is 0 Å². The van der Waals surface area contributed by atoms with E-state index < -0.39 is 0 Å². The fraction of sp³-hybridized carbons (Fsp3) is 0.125. The van der Waals surface area contributed by atoms with Gasteiger partial charge in [0.2, 0.25) is 5.91 Å². The van der Waals surface area contributed by atoms with Crippen LogP contribution < -0.4 is 10.6 Å². The van der Waals surface area contributed by atoms with Crippen LogP contribution in [0.2, 0.25) is 0 Å². The summed E-state index contributed by atoms with van der Waals surface area (Å²) in [7, 11) is 0. The van der Waals surface area contributed by atoms with Crippen LogP contribution in [0.4, 0.5) is 5.69 Å². The zero-order chi connectivity index (χ0) is 20.6. The summed E-state index contributed by atoms with van der Waals surface area (Å²) in [5, 5.41) is 5.72. The highest BCUT2D eigenvalue weighted by Crippen LogP contribution is 2.13. The molecule has 0 unspecified atom stereocenters. The Bertz CT molecular complexity index is 1040. The molecule has 0 saturated heterocycles. The molecule has 0 spiro atoms. The van der Waals surface area contributed by atoms with Crippen molar-refractivity contribution >= 4 is 23.6 Å². The van der Waals surface area contributed by atoms with Gasteiger partial charge in [-0.15, -0.1) is 0 Å². The van der Waals surface area contributed by atoms with E-state index in [2.05, 4.69) is 21.7 Å². The first-order valence-electron chi connectivity index (χ1n) is 9.35. The Hall–Kier alpha value is -3.73. The molecule has 1 aromatic heterocycles. The number of carbonyl (C=O) groups excluding carboxylic acids is 2. The van der Waals surface area contributed by atoms with E-state index >= 15 is 0 Å². The van der Waals surface area contributed by atoms with Crippen molar-refractivity contribution in [2.75, 3.05) is 5.32 Å². The molecule has 5 heteroatoms. The van der Waals surface area contributed by atoms with Crippen LogP contribution in [0.25, 0.3) is 6.08 Å². The van der Waals surface area contributed by atoms with Gasteiger partial charge in [0.25, 0.3) is 5.91 Å². The number of pyridine rings is 1. The Morgan fingerprint density at radius 3 is 2.55 bits per heavy atom. The van der Waals surface area contributed by atoms with E-state index in [-0.39, 0.29) is 11.8 Å². The predicted octanol–water partition coefficient (Wildman–Crippen LogP) is 4.28. The summed E-state index contributed by atoms with van der Waals surface area (Å²) in [6.45, 7) is 4.44. The van der Waals surface area contributed by atoms with Crippen molar-refractivity contribution in [3.63, 3.8) is 0 Å². The van der Waals surface area contributed by atoms with Crippen molar-refractivity contribution in [3.8, 4) is 0 Å². The summed E-state index contributed by atoms with van der Waals surface area (Å²) < 4.78 is 0. The molecule has 146 valence electrons. The monoisotopic (exact) mass is 385 g/mol. The Labute approximate surface area is 170 Å². The van der Waals surface area contributed by atoms with Gasteiger partial charge in [0.15, 0.2) is 0 Å². The zero-order valence-corrected chi connectivity index (χ0v) is 16.5. The second-order valence-corrected chi connectivity index (χ2v) is 6.80. The van der Waals surface area contributed by atoms with Crippen molar-refractivity contribution < 1.29 is 9.59 Å². The van der Waals surface area contributed by atoms with Crippen molar-refractivity contribution in [2.24, 2.45) is 0 Å². The minimum Gasteiger partial charge on any atom is -0.348 e. The van der Waals surface area contributed by atoms with E-state index in [1.807, 2.05) is 56.3 Å². The molecule has 0 aliphatic rings. The lowest BCUT2D eigenvalue weighted by molar-refractivity contribution is -0.116. The number of carbonyl (C=O) groups is 2. The third kappa shape index (κ3) is 5.87. The van der Waals surface area contributed by atoms with Crippen LogP contribution in [0.5, 0.6) is 0 Å². The second-order valence-electron chi connectivity index (χ2n) is 6.80. The summed E-state index contributed by atoms with van der Waals surface area (Å²) in [6.07, 6.45) is 6.50. The molecule has 2 aromatic carbocycles. The Balaban J connectivity index is 1.56. The molecule has 0 aliphatic carbocycles. The fourth-order valence-corrected chi connectivity index (χ4v) is 2.89. The number of amides is 2. The van der Waals surface area contributed by atoms with Gasteiger partial charge in [-0.3, -0.25) is 14.6 Å². The van der Waals surface area contributed by atoms with Crippen LogP contribution in [0.15, 0.2) is 73.1 Å². The minimum atomic E-state index is -0.204. The normalized spacial score (nSPS) is 10.7. The van der Waals surface area contributed by atoms with Gasteiger partial charge >= 0.3 is 0 Å². The molecular formula is C24H23N3O2. The van der Waals surface area contributed by atoms with Gasteiger partial charge in [-0.25, -0.2) is 0 Å². The lowest BCUT2D eigenvalue weighted by Crippen LogP contribution is -2.20. The van der Waals surface area contributed by atoms with E-state index in [1.54, 1.807) is 24.5 Å². The maximum Gasteiger partial charge on any atom is 0.255 e. The summed E-state index contributed by atoms with van der Waals surface area (Å²) >= 11 is 0. The fourth-order valence-electron chi connectivity index (χ4n) is 2.89. The largest absolute Gasteiger partial charge is 0.348 e. The lowest BCUT2D eigenvalue weighted by Gasteiger charge is -2.08. The van der Waals surface area contributed by atoms with Crippen molar-refractivity contribution in [1.29, 1.82) is 0 Å². The zero-order valence-electron chi connectivity index (χ0n) is 16.5. The maximum atomic E-state index is 12.2. The smallest absolute Gasteiger partial charge is 0.255 e. The molecule has 0 aliphatic heterocycles. The Kier molecular flexibility index (Phi) is 6.53. The standard InChI is InChI=1S/C24H23N3O2/c1-17-6-7-20(18(2)14-17)8-9-23(28)26-16-19-4-3-5-22(15-19)27-24(29)21-10-12-25-13-11-21/h3-15H,16H2,1-2H3,(H,26,28)(H,27,29)/b9-8+. The average Bonchev–Trinajstić information content (AvgIpc) is 2.72. The van der Waals surface area contributed by atoms with Gasteiger partial charge in [0, 0.05) is 36.3 Å². The molecule has 0 bridgehead atoms. The molecule has 3 rings (SSSR count). The van der Waals surface area contributed by atoms with E-state index in [0.717, 1.165) is 16.7 Å². The van der Waals surface area contributed by atoms with Gasteiger partial charge in [0.1, 0.15) is 0 Å². The van der Waals surface area contributed by atoms with Crippen LogP contribution in [-0.2, 0) is 11.3 Å². The van der Waals surface area contributed by atoms with Crippen molar-refractivity contribution in [3.05, 3.63) is 101 Å². The highest BCUT2D eigenvalue weighted by molar-refractivity contribution is 6.04. The number of anilines is 1. The van der Waals surface area contributed by atoms with Gasteiger partial charge in [-0.05, 0) is 60.9 Å². The van der Waals surface area contributed by atoms with Gasteiger partial charge in [-0.2, -0.15) is 0 Å². The topological polar surface area (TPSA) is 71.1 Å². The van der Waals surface area contributed by atoms with E-state index in [9.17, 15) is 9.59 Å². The number of aromatic nitrogens is 1. The third-order valence-corrected chi connectivity index (χ3v) is 4.43. The Morgan fingerprint density at radius 1 is 1.00 bits per heavy atom. The summed E-state index contributed by atoms with van der Waals surface area (Å²) in [5.74, 6) is -0.374. The number of benzene rings is 2. The van der Waals surface area contributed by atoms with Crippen molar-refractivity contribution in [1.82, 2.24) is 10.3 Å². The van der Waals surface area contributed by atoms with Crippen LogP contribution in [0.1, 0.15) is 32.6 Å². The predicted molar refractivity (Wildman–Crippen MR) is 115 cm³/mol. The van der Waals surface area contributed by atoms with Crippen LogP contribution in [0, 0.1) is 13.8 Å².